The molecule has 0 saturated carbocycles. The van der Waals surface area contributed by atoms with E-state index in [1.807, 2.05) is 30.3 Å². The molecule has 0 fully saturated rings. The second kappa shape index (κ2) is 8.07. The zero-order valence-corrected chi connectivity index (χ0v) is 13.4. The minimum atomic E-state index is -1.14. The molecule has 1 amide bonds. The van der Waals surface area contributed by atoms with Gasteiger partial charge in [-0.2, -0.15) is 4.98 Å². The monoisotopic (exact) mass is 330 g/mol. The molecule has 0 aliphatic heterocycles. The minimum Gasteiger partial charge on any atom is -0.481 e. The van der Waals surface area contributed by atoms with Gasteiger partial charge in [-0.3, -0.25) is 4.79 Å². The molecule has 126 valence electrons. The molecule has 0 radical (unpaired) electrons. The standard InChI is InChI=1S/C17H18N2O5/c1-11(24-10-12-6-4-3-5-7-12)16(20)19-14-8-13(17(21)22)9-15(18-14)23-2/h3-9,11H,10H2,1-2H3,(H,21,22)(H,18,19,20). The maximum absolute atomic E-state index is 12.2. The summed E-state index contributed by atoms with van der Waals surface area (Å²) in [5, 5.41) is 11.6. The maximum Gasteiger partial charge on any atom is 0.336 e. The number of carboxylic acids is 1. The van der Waals surface area contributed by atoms with Gasteiger partial charge >= 0.3 is 5.97 Å². The van der Waals surface area contributed by atoms with Gasteiger partial charge in [0.1, 0.15) is 11.9 Å². The van der Waals surface area contributed by atoms with Crippen LogP contribution in [0.3, 0.4) is 0 Å². The Labute approximate surface area is 139 Å². The summed E-state index contributed by atoms with van der Waals surface area (Å²) in [6.45, 7) is 1.90. The van der Waals surface area contributed by atoms with Crippen LogP contribution in [0.5, 0.6) is 5.88 Å². The Bertz CT molecular complexity index is 718. The summed E-state index contributed by atoms with van der Waals surface area (Å²) in [6, 6.07) is 12.0. The van der Waals surface area contributed by atoms with Crippen molar-refractivity contribution in [3.8, 4) is 5.88 Å². The van der Waals surface area contributed by atoms with E-state index in [1.165, 1.54) is 19.2 Å². The molecule has 2 aromatic rings. The average molecular weight is 330 g/mol. The van der Waals surface area contributed by atoms with Gasteiger partial charge in [0, 0.05) is 6.07 Å². The Kier molecular flexibility index (Phi) is 5.86. The molecule has 24 heavy (non-hydrogen) atoms. The molecule has 1 atom stereocenters. The lowest BCUT2D eigenvalue weighted by Crippen LogP contribution is -2.28. The molecular formula is C17H18N2O5. The van der Waals surface area contributed by atoms with Crippen molar-refractivity contribution in [3.63, 3.8) is 0 Å². The molecule has 0 aliphatic carbocycles. The smallest absolute Gasteiger partial charge is 0.336 e. The molecule has 1 aromatic heterocycles. The van der Waals surface area contributed by atoms with Crippen LogP contribution in [0.1, 0.15) is 22.8 Å². The van der Waals surface area contributed by atoms with Gasteiger partial charge in [-0.25, -0.2) is 4.79 Å². The number of benzene rings is 1. The van der Waals surface area contributed by atoms with E-state index >= 15 is 0 Å². The molecule has 1 unspecified atom stereocenters. The molecule has 7 heteroatoms. The van der Waals surface area contributed by atoms with Crippen molar-refractivity contribution < 1.29 is 24.2 Å². The molecule has 1 heterocycles. The van der Waals surface area contributed by atoms with E-state index in [0.29, 0.717) is 6.61 Å². The highest BCUT2D eigenvalue weighted by molar-refractivity contribution is 5.95. The topological polar surface area (TPSA) is 97.8 Å². The van der Waals surface area contributed by atoms with Crippen molar-refractivity contribution in [2.24, 2.45) is 0 Å². The van der Waals surface area contributed by atoms with Gasteiger partial charge in [-0.1, -0.05) is 30.3 Å². The summed E-state index contributed by atoms with van der Waals surface area (Å²) in [6.07, 6.45) is -0.730. The number of nitrogens with one attached hydrogen (secondary N) is 1. The van der Waals surface area contributed by atoms with Gasteiger partial charge < -0.3 is 19.9 Å². The van der Waals surface area contributed by atoms with Crippen LogP contribution in [-0.2, 0) is 16.1 Å². The number of carbonyl (C=O) groups excluding carboxylic acids is 1. The highest BCUT2D eigenvalue weighted by atomic mass is 16.5. The first-order chi connectivity index (χ1) is 11.5. The average Bonchev–Trinajstić information content (AvgIpc) is 2.60. The van der Waals surface area contributed by atoms with E-state index in [-0.39, 0.29) is 17.3 Å². The number of hydrogen-bond acceptors (Lipinski definition) is 5. The molecule has 2 rings (SSSR count). The van der Waals surface area contributed by atoms with Gasteiger partial charge in [0.15, 0.2) is 0 Å². The minimum absolute atomic E-state index is 0.0324. The van der Waals surface area contributed by atoms with Crippen LogP contribution in [0.4, 0.5) is 5.82 Å². The third kappa shape index (κ3) is 4.79. The van der Waals surface area contributed by atoms with Crippen molar-refractivity contribution in [1.82, 2.24) is 4.98 Å². The van der Waals surface area contributed by atoms with Crippen molar-refractivity contribution >= 4 is 17.7 Å². The van der Waals surface area contributed by atoms with Crippen LogP contribution in [-0.4, -0.2) is 35.2 Å². The van der Waals surface area contributed by atoms with Crippen molar-refractivity contribution in [2.45, 2.75) is 19.6 Å². The van der Waals surface area contributed by atoms with Gasteiger partial charge in [0.2, 0.25) is 5.88 Å². The first kappa shape index (κ1) is 17.4. The quantitative estimate of drug-likeness (QED) is 0.808. The molecule has 7 nitrogen and oxygen atoms in total. The predicted molar refractivity (Wildman–Crippen MR) is 87.1 cm³/mol. The number of nitrogens with zero attached hydrogens (tertiary/aromatic N) is 1. The molecule has 0 saturated heterocycles. The number of ether oxygens (including phenoxy) is 2. The van der Waals surface area contributed by atoms with Crippen molar-refractivity contribution in [2.75, 3.05) is 12.4 Å². The highest BCUT2D eigenvalue weighted by Crippen LogP contribution is 2.16. The molecule has 0 bridgehead atoms. The summed E-state index contributed by atoms with van der Waals surface area (Å²) in [5.74, 6) is -1.38. The van der Waals surface area contributed by atoms with Gasteiger partial charge in [0.25, 0.3) is 5.91 Å². The number of anilines is 1. The molecule has 0 spiro atoms. The summed E-state index contributed by atoms with van der Waals surface area (Å²) in [7, 11) is 1.37. The van der Waals surface area contributed by atoms with Gasteiger partial charge in [0.05, 0.1) is 19.3 Å². The first-order valence-electron chi connectivity index (χ1n) is 7.25. The van der Waals surface area contributed by atoms with Crippen molar-refractivity contribution in [3.05, 3.63) is 53.6 Å². The normalized spacial score (nSPS) is 11.6. The number of aromatic carboxylic acids is 1. The van der Waals surface area contributed by atoms with E-state index < -0.39 is 18.0 Å². The summed E-state index contributed by atoms with van der Waals surface area (Å²) in [5.41, 5.74) is 0.917. The SMILES string of the molecule is COc1cc(C(=O)O)cc(NC(=O)C(C)OCc2ccccc2)n1. The van der Waals surface area contributed by atoms with E-state index in [9.17, 15) is 9.59 Å². The first-order valence-corrected chi connectivity index (χ1v) is 7.25. The second-order valence-corrected chi connectivity index (χ2v) is 5.02. The van der Waals surface area contributed by atoms with Crippen LogP contribution < -0.4 is 10.1 Å². The largest absolute Gasteiger partial charge is 0.481 e. The number of aromatic nitrogens is 1. The van der Waals surface area contributed by atoms with E-state index in [2.05, 4.69) is 10.3 Å². The van der Waals surface area contributed by atoms with Crippen LogP contribution in [0.25, 0.3) is 0 Å². The number of carbonyl (C=O) groups is 2. The third-order valence-electron chi connectivity index (χ3n) is 3.22. The second-order valence-electron chi connectivity index (χ2n) is 5.02. The highest BCUT2D eigenvalue weighted by Gasteiger charge is 2.16. The maximum atomic E-state index is 12.2. The fourth-order valence-electron chi connectivity index (χ4n) is 1.90. The number of hydrogen-bond donors (Lipinski definition) is 2. The Morgan fingerprint density at radius 3 is 2.58 bits per heavy atom. The van der Waals surface area contributed by atoms with Crippen LogP contribution in [0, 0.1) is 0 Å². The molecule has 2 N–H and O–H groups in total. The summed E-state index contributed by atoms with van der Waals surface area (Å²) in [4.78, 5) is 27.2. The number of carboxylic acid groups (broad SMARTS) is 1. The van der Waals surface area contributed by atoms with Crippen LogP contribution in [0.2, 0.25) is 0 Å². The fraction of sp³-hybridized carbons (Fsp3) is 0.235. The van der Waals surface area contributed by atoms with Crippen LogP contribution >= 0.6 is 0 Å². The number of rotatable bonds is 7. The molecule has 1 aromatic carbocycles. The lowest BCUT2D eigenvalue weighted by Gasteiger charge is -2.14. The summed E-state index contributed by atoms with van der Waals surface area (Å²) >= 11 is 0. The van der Waals surface area contributed by atoms with Gasteiger partial charge in [-0.15, -0.1) is 0 Å². The Morgan fingerprint density at radius 2 is 1.96 bits per heavy atom. The zero-order valence-electron chi connectivity index (χ0n) is 13.4. The number of pyridine rings is 1. The van der Waals surface area contributed by atoms with Gasteiger partial charge in [-0.05, 0) is 18.6 Å². The number of amides is 1. The number of methoxy groups -OCH3 is 1. The van der Waals surface area contributed by atoms with E-state index in [0.717, 1.165) is 5.56 Å². The summed E-state index contributed by atoms with van der Waals surface area (Å²) < 4.78 is 10.4. The van der Waals surface area contributed by atoms with Crippen molar-refractivity contribution in [1.29, 1.82) is 0 Å². The fourth-order valence-corrected chi connectivity index (χ4v) is 1.90. The van der Waals surface area contributed by atoms with Crippen LogP contribution in [0.15, 0.2) is 42.5 Å². The Morgan fingerprint density at radius 1 is 1.25 bits per heavy atom. The zero-order chi connectivity index (χ0) is 17.5. The Balaban J connectivity index is 2.00. The lowest BCUT2D eigenvalue weighted by atomic mass is 10.2. The van der Waals surface area contributed by atoms with E-state index in [1.54, 1.807) is 6.92 Å². The van der Waals surface area contributed by atoms with E-state index in [4.69, 9.17) is 14.6 Å². The Hall–Kier alpha value is -2.93. The predicted octanol–water partition coefficient (Wildman–Crippen LogP) is 2.33. The lowest BCUT2D eigenvalue weighted by molar-refractivity contribution is -0.127. The molecule has 0 aliphatic rings. The third-order valence-corrected chi connectivity index (χ3v) is 3.22. The molecular weight excluding hydrogens is 312 g/mol.